The number of tetrazole rings is 1. The highest BCUT2D eigenvalue weighted by molar-refractivity contribution is 5.28. The van der Waals surface area contributed by atoms with Crippen molar-refractivity contribution in [2.75, 3.05) is 13.1 Å². The molecule has 2 aromatic rings. The second-order valence-electron chi connectivity index (χ2n) is 4.20. The van der Waals surface area contributed by atoms with E-state index in [0.29, 0.717) is 5.92 Å². The van der Waals surface area contributed by atoms with Gasteiger partial charge in [0, 0.05) is 24.9 Å². The van der Waals surface area contributed by atoms with Gasteiger partial charge >= 0.3 is 0 Å². The molecule has 0 aromatic carbocycles. The van der Waals surface area contributed by atoms with Gasteiger partial charge < -0.3 is 5.32 Å². The maximum absolute atomic E-state index is 4.16. The second-order valence-corrected chi connectivity index (χ2v) is 4.20. The van der Waals surface area contributed by atoms with Crippen LogP contribution in [0, 0.1) is 0 Å². The number of nitrogens with zero attached hydrogens (tertiary/aromatic N) is 5. The van der Waals surface area contributed by atoms with E-state index >= 15 is 0 Å². The molecular formula is C11H14N6. The van der Waals surface area contributed by atoms with E-state index in [-0.39, 0.29) is 0 Å². The van der Waals surface area contributed by atoms with E-state index in [2.05, 4.69) is 25.8 Å². The van der Waals surface area contributed by atoms with Gasteiger partial charge in [0.25, 0.3) is 0 Å². The lowest BCUT2D eigenvalue weighted by Crippen LogP contribution is -2.30. The van der Waals surface area contributed by atoms with Crippen LogP contribution in [0.15, 0.2) is 24.5 Å². The van der Waals surface area contributed by atoms with Crippen molar-refractivity contribution in [2.45, 2.75) is 18.8 Å². The summed E-state index contributed by atoms with van der Waals surface area (Å²) in [6, 6.07) is 3.83. The summed E-state index contributed by atoms with van der Waals surface area (Å²) in [5.74, 6) is 1.33. The number of pyridine rings is 1. The predicted molar refractivity (Wildman–Crippen MR) is 61.8 cm³/mol. The number of piperidine rings is 1. The Labute approximate surface area is 99.1 Å². The van der Waals surface area contributed by atoms with Gasteiger partial charge in [-0.05, 0) is 41.9 Å². The van der Waals surface area contributed by atoms with Crippen LogP contribution < -0.4 is 5.32 Å². The fourth-order valence-corrected chi connectivity index (χ4v) is 2.19. The number of nitrogens with one attached hydrogen (secondary N) is 1. The Hall–Kier alpha value is -1.82. The fourth-order valence-electron chi connectivity index (χ4n) is 2.19. The third-order valence-electron chi connectivity index (χ3n) is 3.06. The zero-order valence-electron chi connectivity index (χ0n) is 9.45. The van der Waals surface area contributed by atoms with Crippen molar-refractivity contribution >= 4 is 0 Å². The molecule has 1 aliphatic heterocycles. The summed E-state index contributed by atoms with van der Waals surface area (Å²) in [5, 5.41) is 15.4. The molecule has 1 fully saturated rings. The minimum atomic E-state index is 0.395. The van der Waals surface area contributed by atoms with Crippen molar-refractivity contribution in [2.24, 2.45) is 0 Å². The summed E-state index contributed by atoms with van der Waals surface area (Å²) >= 11 is 0. The Morgan fingerprint density at radius 3 is 2.94 bits per heavy atom. The first-order chi connectivity index (χ1) is 8.45. The molecule has 1 unspecified atom stereocenters. The van der Waals surface area contributed by atoms with Crippen LogP contribution in [0.25, 0.3) is 5.69 Å². The van der Waals surface area contributed by atoms with Crippen molar-refractivity contribution in [1.82, 2.24) is 30.5 Å². The summed E-state index contributed by atoms with van der Waals surface area (Å²) in [6.45, 7) is 2.04. The largest absolute Gasteiger partial charge is 0.316 e. The van der Waals surface area contributed by atoms with Crippen molar-refractivity contribution in [3.05, 3.63) is 30.4 Å². The van der Waals surface area contributed by atoms with E-state index in [1.807, 2.05) is 12.1 Å². The van der Waals surface area contributed by atoms with Crippen LogP contribution in [-0.2, 0) is 0 Å². The summed E-state index contributed by atoms with van der Waals surface area (Å²) in [4.78, 5) is 4.00. The number of rotatable bonds is 2. The van der Waals surface area contributed by atoms with Crippen LogP contribution >= 0.6 is 0 Å². The van der Waals surface area contributed by atoms with Gasteiger partial charge in [0.15, 0.2) is 5.82 Å². The van der Waals surface area contributed by atoms with Crippen molar-refractivity contribution < 1.29 is 0 Å². The van der Waals surface area contributed by atoms with E-state index in [1.165, 1.54) is 6.42 Å². The SMILES string of the molecule is c1cc(-n2nnnc2C2CCCNC2)ccn1. The van der Waals surface area contributed by atoms with Crippen molar-refractivity contribution in [3.63, 3.8) is 0 Å². The molecule has 0 bridgehead atoms. The van der Waals surface area contributed by atoms with Crippen LogP contribution in [0.4, 0.5) is 0 Å². The van der Waals surface area contributed by atoms with E-state index in [4.69, 9.17) is 0 Å². The highest BCUT2D eigenvalue weighted by Crippen LogP contribution is 2.22. The Morgan fingerprint density at radius 2 is 2.18 bits per heavy atom. The van der Waals surface area contributed by atoms with Crippen LogP contribution in [0.1, 0.15) is 24.6 Å². The highest BCUT2D eigenvalue weighted by Gasteiger charge is 2.21. The second kappa shape index (κ2) is 4.58. The Bertz CT molecular complexity index is 474. The quantitative estimate of drug-likeness (QED) is 0.814. The van der Waals surface area contributed by atoms with Crippen molar-refractivity contribution in [1.29, 1.82) is 0 Å². The zero-order chi connectivity index (χ0) is 11.5. The maximum Gasteiger partial charge on any atom is 0.161 e. The standard InChI is InChI=1S/C11H14N6/c1-2-9(8-13-5-1)11-14-15-16-17(11)10-3-6-12-7-4-10/h3-4,6-7,9,13H,1-2,5,8H2. The lowest BCUT2D eigenvalue weighted by molar-refractivity contribution is 0.440. The molecule has 3 heterocycles. The van der Waals surface area contributed by atoms with Gasteiger partial charge in [-0.15, -0.1) is 5.10 Å². The van der Waals surface area contributed by atoms with Gasteiger partial charge in [-0.1, -0.05) is 0 Å². The molecule has 1 N–H and O–H groups in total. The number of hydrogen-bond acceptors (Lipinski definition) is 5. The molecule has 0 radical (unpaired) electrons. The van der Waals surface area contributed by atoms with Gasteiger partial charge in [0.2, 0.25) is 0 Å². The summed E-state index contributed by atoms with van der Waals surface area (Å²) < 4.78 is 1.80. The average Bonchev–Trinajstić information content (AvgIpc) is 2.90. The smallest absolute Gasteiger partial charge is 0.161 e. The first-order valence-electron chi connectivity index (χ1n) is 5.84. The van der Waals surface area contributed by atoms with Gasteiger partial charge in [-0.3, -0.25) is 4.98 Å². The summed E-state index contributed by atoms with van der Waals surface area (Å²) in [5.41, 5.74) is 0.963. The van der Waals surface area contributed by atoms with E-state index in [0.717, 1.165) is 31.0 Å². The molecule has 3 rings (SSSR count). The molecule has 1 atom stereocenters. The highest BCUT2D eigenvalue weighted by atomic mass is 15.5. The Balaban J connectivity index is 1.93. The van der Waals surface area contributed by atoms with Crippen LogP contribution in [0.5, 0.6) is 0 Å². The molecule has 0 spiro atoms. The topological polar surface area (TPSA) is 68.5 Å². The molecule has 17 heavy (non-hydrogen) atoms. The number of hydrogen-bond donors (Lipinski definition) is 1. The van der Waals surface area contributed by atoms with E-state index in [9.17, 15) is 0 Å². The first-order valence-corrected chi connectivity index (χ1v) is 5.84. The molecular weight excluding hydrogens is 216 g/mol. The normalized spacial score (nSPS) is 20.4. The molecule has 2 aromatic heterocycles. The molecule has 1 saturated heterocycles. The molecule has 6 nitrogen and oxygen atoms in total. The molecule has 6 heteroatoms. The molecule has 88 valence electrons. The Morgan fingerprint density at radius 1 is 1.29 bits per heavy atom. The minimum absolute atomic E-state index is 0.395. The van der Waals surface area contributed by atoms with Gasteiger partial charge in [-0.25, -0.2) is 0 Å². The minimum Gasteiger partial charge on any atom is -0.316 e. The van der Waals surface area contributed by atoms with Crippen LogP contribution in [0.3, 0.4) is 0 Å². The zero-order valence-corrected chi connectivity index (χ0v) is 9.45. The average molecular weight is 230 g/mol. The van der Waals surface area contributed by atoms with E-state index < -0.39 is 0 Å². The van der Waals surface area contributed by atoms with Crippen LogP contribution in [-0.4, -0.2) is 38.3 Å². The summed E-state index contributed by atoms with van der Waals surface area (Å²) in [7, 11) is 0. The molecule has 0 saturated carbocycles. The molecule has 1 aliphatic rings. The van der Waals surface area contributed by atoms with Gasteiger partial charge in [0.05, 0.1) is 5.69 Å². The predicted octanol–water partition coefficient (Wildman–Crippen LogP) is 0.524. The maximum atomic E-state index is 4.16. The monoisotopic (exact) mass is 230 g/mol. The van der Waals surface area contributed by atoms with E-state index in [1.54, 1.807) is 17.1 Å². The lowest BCUT2D eigenvalue weighted by Gasteiger charge is -2.21. The van der Waals surface area contributed by atoms with Crippen molar-refractivity contribution in [3.8, 4) is 5.69 Å². The van der Waals surface area contributed by atoms with Crippen LogP contribution in [0.2, 0.25) is 0 Å². The lowest BCUT2D eigenvalue weighted by atomic mass is 9.99. The third-order valence-corrected chi connectivity index (χ3v) is 3.06. The number of aromatic nitrogens is 5. The first kappa shape index (κ1) is 10.3. The molecule has 0 amide bonds. The Kier molecular flexibility index (Phi) is 2.79. The van der Waals surface area contributed by atoms with Gasteiger partial charge in [0.1, 0.15) is 0 Å². The third kappa shape index (κ3) is 2.03. The fraction of sp³-hybridized carbons (Fsp3) is 0.455. The molecule has 0 aliphatic carbocycles. The summed E-state index contributed by atoms with van der Waals surface area (Å²) in [6.07, 6.45) is 5.81. The van der Waals surface area contributed by atoms with Gasteiger partial charge in [-0.2, -0.15) is 4.68 Å².